The van der Waals surface area contributed by atoms with Crippen LogP contribution in [0.1, 0.15) is 37.8 Å². The Morgan fingerprint density at radius 1 is 0.468 bits per heavy atom. The average Bonchev–Trinajstić information content (AvgIpc) is 3.57. The van der Waals surface area contributed by atoms with Gasteiger partial charge in [-0.05, 0) is 99.6 Å². The van der Waals surface area contributed by atoms with Gasteiger partial charge in [0.1, 0.15) is 0 Å². The van der Waals surface area contributed by atoms with E-state index in [1.54, 1.807) is 5.57 Å². The van der Waals surface area contributed by atoms with Crippen molar-refractivity contribution in [2.45, 2.75) is 32.1 Å². The lowest BCUT2D eigenvalue weighted by molar-refractivity contribution is 0.607. The fourth-order valence-electron chi connectivity index (χ4n) is 9.54. The Bertz CT molecular complexity index is 3150. The summed E-state index contributed by atoms with van der Waals surface area (Å²) in [5, 5.41) is 2.42. The predicted molar refractivity (Wildman–Crippen MR) is 260 cm³/mol. The molecule has 0 bridgehead atoms. The number of allylic oxidation sites excluding steroid dienone is 4. The highest BCUT2D eigenvalue weighted by Gasteiger charge is 2.37. The van der Waals surface area contributed by atoms with Crippen molar-refractivity contribution in [3.63, 3.8) is 0 Å². The third-order valence-corrected chi connectivity index (χ3v) is 12.8. The summed E-state index contributed by atoms with van der Waals surface area (Å²) in [5.74, 6) is 0.725. The van der Waals surface area contributed by atoms with E-state index < -0.39 is 0 Å². The Morgan fingerprint density at radius 3 is 1.68 bits per heavy atom. The zero-order valence-corrected chi connectivity index (χ0v) is 35.0. The first kappa shape index (κ1) is 37.4. The second-order valence-electron chi connectivity index (χ2n) is 16.9. The van der Waals surface area contributed by atoms with Crippen LogP contribution in [0.2, 0.25) is 0 Å². The Kier molecular flexibility index (Phi) is 9.31. The van der Waals surface area contributed by atoms with Crippen LogP contribution in [0.25, 0.3) is 72.5 Å². The highest BCUT2D eigenvalue weighted by atomic mass is 15.1. The molecule has 11 rings (SSSR count). The molecule has 0 saturated carbocycles. The van der Waals surface area contributed by atoms with Gasteiger partial charge in [0.05, 0.1) is 17.1 Å². The molecule has 296 valence electrons. The van der Waals surface area contributed by atoms with Crippen LogP contribution in [0.15, 0.2) is 218 Å². The minimum Gasteiger partial charge on any atom is -0.310 e. The number of fused-ring (bicyclic) bond motifs is 3. The summed E-state index contributed by atoms with van der Waals surface area (Å²) >= 11 is 0. The third kappa shape index (κ3) is 6.73. The molecule has 3 heteroatoms. The molecule has 0 atom stereocenters. The molecule has 0 aliphatic heterocycles. The van der Waals surface area contributed by atoms with Gasteiger partial charge in [-0.15, -0.1) is 0 Å². The normalized spacial score (nSPS) is 13.8. The number of aromatic nitrogens is 2. The highest BCUT2D eigenvalue weighted by Crippen LogP contribution is 2.51. The van der Waals surface area contributed by atoms with Crippen molar-refractivity contribution in [2.24, 2.45) is 0 Å². The monoisotopic (exact) mass is 795 g/mol. The topological polar surface area (TPSA) is 29.0 Å². The Balaban J connectivity index is 0.929. The minimum atomic E-state index is -0.0139. The van der Waals surface area contributed by atoms with Gasteiger partial charge in [-0.3, -0.25) is 0 Å². The first-order valence-corrected chi connectivity index (χ1v) is 21.6. The molecule has 1 heterocycles. The van der Waals surface area contributed by atoms with Crippen LogP contribution in [0.3, 0.4) is 0 Å². The van der Waals surface area contributed by atoms with Crippen LogP contribution in [0.5, 0.6) is 0 Å². The van der Waals surface area contributed by atoms with Crippen molar-refractivity contribution in [3.05, 3.63) is 229 Å². The summed E-state index contributed by atoms with van der Waals surface area (Å²) in [7, 11) is 0. The quantitative estimate of drug-likeness (QED) is 0.153. The fourth-order valence-corrected chi connectivity index (χ4v) is 9.54. The molecular formula is C59H45N3. The van der Waals surface area contributed by atoms with Gasteiger partial charge < -0.3 is 4.90 Å². The average molecular weight is 796 g/mol. The summed E-state index contributed by atoms with van der Waals surface area (Å²) in [6.07, 6.45) is 6.87. The molecule has 0 unspecified atom stereocenters. The van der Waals surface area contributed by atoms with Crippen molar-refractivity contribution in [3.8, 4) is 56.2 Å². The second-order valence-corrected chi connectivity index (χ2v) is 16.9. The lowest BCUT2D eigenvalue weighted by atomic mass is 9.78. The summed E-state index contributed by atoms with van der Waals surface area (Å²) in [6.45, 7) is 4.75. The molecule has 8 aromatic carbocycles. The molecule has 9 aromatic rings. The fraction of sp³-hybridized carbons (Fsp3) is 0.0847. The first-order valence-electron chi connectivity index (χ1n) is 21.6. The van der Waals surface area contributed by atoms with E-state index in [2.05, 4.69) is 225 Å². The summed E-state index contributed by atoms with van der Waals surface area (Å²) in [5.41, 5.74) is 18.7. The number of hydrogen-bond donors (Lipinski definition) is 0. The van der Waals surface area contributed by atoms with Crippen LogP contribution in [-0.2, 0) is 5.41 Å². The van der Waals surface area contributed by atoms with Crippen molar-refractivity contribution in [2.75, 3.05) is 4.90 Å². The standard InChI is InChI=1S/C59H45N3/c1-59(2)53-22-12-11-21-51(53)52-37-32-47(38-54(52)59)56-39-55(60-58(61-56)46-17-7-4-8-18-46)45-26-24-41(25-27-45)43-30-35-49(36-31-43)62(57-23-13-19-44-16-9-10-20-50(44)57)48-33-28-42(29-34-48)40-14-5-3-6-15-40/h3-11,13-21,23-39H,12,22H2,1-2H3. The number of nitrogens with zero attached hydrogens (tertiary/aromatic N) is 3. The molecule has 2 aliphatic carbocycles. The van der Waals surface area contributed by atoms with Crippen molar-refractivity contribution in [1.82, 2.24) is 9.97 Å². The van der Waals surface area contributed by atoms with E-state index in [-0.39, 0.29) is 5.41 Å². The van der Waals surface area contributed by atoms with Crippen LogP contribution in [0.4, 0.5) is 17.1 Å². The molecule has 0 saturated heterocycles. The van der Waals surface area contributed by atoms with Crippen molar-refractivity contribution < 1.29 is 0 Å². The van der Waals surface area contributed by atoms with Crippen LogP contribution >= 0.6 is 0 Å². The molecule has 62 heavy (non-hydrogen) atoms. The zero-order valence-electron chi connectivity index (χ0n) is 35.0. The van der Waals surface area contributed by atoms with Gasteiger partial charge in [-0.25, -0.2) is 9.97 Å². The largest absolute Gasteiger partial charge is 0.310 e. The van der Waals surface area contributed by atoms with E-state index in [9.17, 15) is 0 Å². The molecule has 0 N–H and O–H groups in total. The van der Waals surface area contributed by atoms with Crippen molar-refractivity contribution in [1.29, 1.82) is 0 Å². The van der Waals surface area contributed by atoms with Gasteiger partial charge in [-0.2, -0.15) is 0 Å². The first-order chi connectivity index (χ1) is 30.5. The number of anilines is 3. The number of hydrogen-bond acceptors (Lipinski definition) is 3. The Morgan fingerprint density at radius 2 is 1.00 bits per heavy atom. The molecule has 2 aliphatic rings. The molecule has 0 fully saturated rings. The summed E-state index contributed by atoms with van der Waals surface area (Å²) < 4.78 is 0. The van der Waals surface area contributed by atoms with E-state index in [0.717, 1.165) is 74.9 Å². The van der Waals surface area contributed by atoms with Crippen molar-refractivity contribution >= 4 is 33.4 Å². The van der Waals surface area contributed by atoms with Gasteiger partial charge in [0.2, 0.25) is 0 Å². The van der Waals surface area contributed by atoms with E-state index >= 15 is 0 Å². The summed E-state index contributed by atoms with van der Waals surface area (Å²) in [4.78, 5) is 12.7. The number of rotatable bonds is 8. The third-order valence-electron chi connectivity index (χ3n) is 12.8. The smallest absolute Gasteiger partial charge is 0.160 e. The Hall–Kier alpha value is -7.62. The van der Waals surface area contributed by atoms with Gasteiger partial charge in [0.15, 0.2) is 5.82 Å². The zero-order chi connectivity index (χ0) is 41.6. The second kappa shape index (κ2) is 15.4. The Labute approximate surface area is 364 Å². The van der Waals surface area contributed by atoms with E-state index in [1.807, 2.05) is 6.07 Å². The maximum Gasteiger partial charge on any atom is 0.160 e. The number of benzene rings is 8. The van der Waals surface area contributed by atoms with Gasteiger partial charge in [0, 0.05) is 38.9 Å². The molecule has 1 aromatic heterocycles. The lowest BCUT2D eigenvalue weighted by Gasteiger charge is -2.27. The van der Waals surface area contributed by atoms with Crippen LogP contribution in [0, 0.1) is 0 Å². The molecule has 0 amide bonds. The van der Waals surface area contributed by atoms with Gasteiger partial charge in [-0.1, -0.05) is 189 Å². The molecule has 0 radical (unpaired) electrons. The van der Waals surface area contributed by atoms with E-state index in [4.69, 9.17) is 9.97 Å². The maximum absolute atomic E-state index is 5.19. The SMILES string of the molecule is CC1(C)C2=C(C=CCC2)c2ccc(-c3cc(-c4ccc(-c5ccc(N(c6ccc(-c7ccccc7)cc6)c6cccc7ccccc67)cc5)cc4)nc(-c4ccccc4)n3)cc21. The highest BCUT2D eigenvalue weighted by molar-refractivity contribution is 5.99. The molecule has 0 spiro atoms. The predicted octanol–water partition coefficient (Wildman–Crippen LogP) is 15.8. The van der Waals surface area contributed by atoms with Gasteiger partial charge in [0.25, 0.3) is 0 Å². The minimum absolute atomic E-state index is 0.0139. The lowest BCUT2D eigenvalue weighted by Crippen LogP contribution is -2.17. The van der Waals surface area contributed by atoms with Gasteiger partial charge >= 0.3 is 0 Å². The van der Waals surface area contributed by atoms with Crippen LogP contribution in [-0.4, -0.2) is 9.97 Å². The van der Waals surface area contributed by atoms with E-state index in [1.165, 1.54) is 38.6 Å². The van der Waals surface area contributed by atoms with E-state index in [0.29, 0.717) is 0 Å². The maximum atomic E-state index is 5.19. The summed E-state index contributed by atoms with van der Waals surface area (Å²) in [6, 6.07) is 71.7. The van der Waals surface area contributed by atoms with Crippen LogP contribution < -0.4 is 4.90 Å². The molecule has 3 nitrogen and oxygen atoms in total. The molecular weight excluding hydrogens is 751 g/mol.